The van der Waals surface area contributed by atoms with Gasteiger partial charge < -0.3 is 0 Å². The van der Waals surface area contributed by atoms with Crippen LogP contribution in [0.15, 0.2) is 206 Å². The summed E-state index contributed by atoms with van der Waals surface area (Å²) in [7, 11) is 0. The SMILES string of the molecule is Cc1ccccc1-c1c2c3cccc4c(-c5c(C(C)C)cccc5C(C)C)ccc(c2c(-c2ccccc2C)c2c5ccc6c7ccc8c9c(ccc(c%10ccc(c12)c5c%106)c79)c1cc2cc(-c5c(C(C)C)cccc5C(C)C)cc5c6ccccc6c(c25)c18)c43. The molecule has 0 spiro atoms. The first-order valence-corrected chi connectivity index (χ1v) is 33.0. The quantitative estimate of drug-likeness (QED) is 0.105. The molecule has 19 rings (SSSR count). The van der Waals surface area contributed by atoms with Gasteiger partial charge in [-0.1, -0.05) is 243 Å². The van der Waals surface area contributed by atoms with Crippen LogP contribution >= 0.6 is 0 Å². The lowest BCUT2D eigenvalue weighted by Gasteiger charge is -2.21. The number of hydrogen-bond donors (Lipinski definition) is 0. The Bertz CT molecular complexity index is 6070. The molecule has 19 aromatic rings. The summed E-state index contributed by atoms with van der Waals surface area (Å²) < 4.78 is 0. The third kappa shape index (κ3) is 6.56. The molecular formula is C90H68. The molecule has 0 heterocycles. The van der Waals surface area contributed by atoms with Crippen LogP contribution in [0.1, 0.15) is 112 Å². The maximum Gasteiger partial charge on any atom is -0.000707 e. The molecule has 0 aliphatic heterocycles. The largest absolute Gasteiger partial charge is 0.0620 e. The van der Waals surface area contributed by atoms with Crippen molar-refractivity contribution in [3.8, 4) is 44.5 Å². The fourth-order valence-corrected chi connectivity index (χ4v) is 18.2. The highest BCUT2D eigenvalue weighted by atomic mass is 14.3. The molecule has 0 N–H and O–H groups in total. The minimum Gasteiger partial charge on any atom is -0.0620 e. The monoisotopic (exact) mass is 1150 g/mol. The first-order valence-electron chi connectivity index (χ1n) is 33.0. The normalized spacial score (nSPS) is 13.0. The van der Waals surface area contributed by atoms with Crippen molar-refractivity contribution in [2.24, 2.45) is 0 Å². The van der Waals surface area contributed by atoms with Crippen molar-refractivity contribution < 1.29 is 0 Å². The van der Waals surface area contributed by atoms with Crippen molar-refractivity contribution in [1.82, 2.24) is 0 Å². The van der Waals surface area contributed by atoms with E-state index in [2.05, 4.69) is 275 Å². The first kappa shape index (κ1) is 52.1. The van der Waals surface area contributed by atoms with Gasteiger partial charge in [0.25, 0.3) is 0 Å². The number of aryl methyl sites for hydroxylation is 2. The molecule has 0 saturated carbocycles. The summed E-state index contributed by atoms with van der Waals surface area (Å²) in [5.74, 6) is 1.56. The topological polar surface area (TPSA) is 0 Å². The average molecular weight is 1150 g/mol. The first-order chi connectivity index (χ1) is 43.9. The van der Waals surface area contributed by atoms with E-state index < -0.39 is 0 Å². The highest BCUT2D eigenvalue weighted by molar-refractivity contribution is 6.52. The predicted octanol–water partition coefficient (Wildman–Crippen LogP) is 26.8. The number of hydrogen-bond acceptors (Lipinski definition) is 0. The summed E-state index contributed by atoms with van der Waals surface area (Å²) in [5, 5.41) is 37.8. The number of fused-ring (bicyclic) bond motifs is 15. The Hall–Kier alpha value is -9.88. The summed E-state index contributed by atoms with van der Waals surface area (Å²) in [6.07, 6.45) is 0. The Morgan fingerprint density at radius 2 is 0.544 bits per heavy atom. The molecule has 0 atom stereocenters. The summed E-state index contributed by atoms with van der Waals surface area (Å²) in [6.45, 7) is 23.5. The second-order valence-electron chi connectivity index (χ2n) is 28.0. The summed E-state index contributed by atoms with van der Waals surface area (Å²) in [5.41, 5.74) is 19.0. The number of rotatable bonds is 8. The van der Waals surface area contributed by atoms with Crippen molar-refractivity contribution in [1.29, 1.82) is 0 Å². The molecule has 0 heteroatoms. The second-order valence-corrected chi connectivity index (χ2v) is 28.0. The smallest absolute Gasteiger partial charge is 0.000707 e. The molecular weight excluding hydrogens is 1080 g/mol. The lowest BCUT2D eigenvalue weighted by atomic mass is 9.83. The zero-order valence-electron chi connectivity index (χ0n) is 52.9. The van der Waals surface area contributed by atoms with Crippen LogP contribution in [-0.4, -0.2) is 0 Å². The Morgan fingerprint density at radius 1 is 0.200 bits per heavy atom. The van der Waals surface area contributed by atoms with Crippen molar-refractivity contribution in [3.63, 3.8) is 0 Å². The summed E-state index contributed by atoms with van der Waals surface area (Å²) in [4.78, 5) is 0. The van der Waals surface area contributed by atoms with E-state index in [1.165, 1.54) is 229 Å². The molecule has 428 valence electrons. The van der Waals surface area contributed by atoms with Crippen molar-refractivity contribution in [3.05, 3.63) is 240 Å². The van der Waals surface area contributed by atoms with Crippen LogP contribution < -0.4 is 0 Å². The van der Waals surface area contributed by atoms with E-state index in [0.29, 0.717) is 23.7 Å². The van der Waals surface area contributed by atoms with Gasteiger partial charge in [0.2, 0.25) is 0 Å². The van der Waals surface area contributed by atoms with E-state index >= 15 is 0 Å². The fourth-order valence-electron chi connectivity index (χ4n) is 18.2. The second kappa shape index (κ2) is 18.4. The molecule has 0 fully saturated rings. The molecule has 0 aliphatic carbocycles. The maximum absolute atomic E-state index is 2.56. The van der Waals surface area contributed by atoms with Crippen molar-refractivity contribution in [2.45, 2.75) is 92.9 Å². The van der Waals surface area contributed by atoms with E-state index in [-0.39, 0.29) is 0 Å². The Morgan fingerprint density at radius 3 is 1.07 bits per heavy atom. The Kier molecular flexibility index (Phi) is 10.6. The number of benzene rings is 15. The van der Waals surface area contributed by atoms with E-state index in [1.54, 1.807) is 0 Å². The van der Waals surface area contributed by atoms with Crippen molar-refractivity contribution >= 4 is 151 Å². The van der Waals surface area contributed by atoms with E-state index in [9.17, 15) is 0 Å². The molecule has 0 radical (unpaired) electrons. The molecule has 0 aliphatic rings. The van der Waals surface area contributed by atoms with Crippen LogP contribution in [0.4, 0.5) is 0 Å². The zero-order chi connectivity index (χ0) is 60.6. The molecule has 0 unspecified atom stereocenters. The van der Waals surface area contributed by atoms with Gasteiger partial charge in [0.15, 0.2) is 0 Å². The Balaban J connectivity index is 0.944. The lowest BCUT2D eigenvalue weighted by Crippen LogP contribution is -2.00. The van der Waals surface area contributed by atoms with Gasteiger partial charge in [-0.25, -0.2) is 0 Å². The van der Waals surface area contributed by atoms with Gasteiger partial charge in [0, 0.05) is 0 Å². The van der Waals surface area contributed by atoms with Gasteiger partial charge in [-0.3, -0.25) is 0 Å². The fraction of sp³-hybridized carbons (Fsp3) is 0.156. The highest BCUT2D eigenvalue weighted by Crippen LogP contribution is 2.60. The van der Waals surface area contributed by atoms with Crippen LogP contribution in [-0.2, 0) is 0 Å². The maximum atomic E-state index is 2.56. The van der Waals surface area contributed by atoms with Gasteiger partial charge in [-0.2, -0.15) is 0 Å². The third-order valence-electron chi connectivity index (χ3n) is 21.9. The van der Waals surface area contributed by atoms with Gasteiger partial charge >= 0.3 is 0 Å². The van der Waals surface area contributed by atoms with Crippen LogP contribution in [0.3, 0.4) is 0 Å². The molecule has 0 nitrogen and oxygen atoms in total. The van der Waals surface area contributed by atoms with E-state index in [0.717, 1.165) is 0 Å². The van der Waals surface area contributed by atoms with Gasteiger partial charge in [-0.15, -0.1) is 0 Å². The minimum atomic E-state index is 0.378. The van der Waals surface area contributed by atoms with Gasteiger partial charge in [0.1, 0.15) is 0 Å². The van der Waals surface area contributed by atoms with Gasteiger partial charge in [0.05, 0.1) is 0 Å². The molecule has 0 aromatic heterocycles. The van der Waals surface area contributed by atoms with E-state index in [4.69, 9.17) is 0 Å². The molecule has 0 amide bonds. The Labute approximate surface area is 524 Å². The molecule has 19 aromatic carbocycles. The summed E-state index contributed by atoms with van der Waals surface area (Å²) >= 11 is 0. The van der Waals surface area contributed by atoms with Crippen molar-refractivity contribution in [2.75, 3.05) is 0 Å². The standard InChI is InChI=1S/C90H68/c1-45(2)53-26-17-27-54(46(3)4)75(53)51-42-52-44-74-67-33-32-63-65-36-40-71-82-72(41-37-66(80(65)82)64-35-39-70(81(67)79(63)64)83(74)86-60-25-16-15-24-59(60)73(43-51)76(52)86)90-85(58-23-14-12-21-50(58)10)88-69-38-34-62(77-55(47(5)6)28-18-29-56(77)48(7)8)61-30-19-31-68(78(61)69)87(88)84(89(71)90)57-22-13-11-20-49(57)9/h11-48H,1-10H3. The van der Waals surface area contributed by atoms with Crippen LogP contribution in [0.25, 0.3) is 195 Å². The molecule has 0 bridgehead atoms. The zero-order valence-corrected chi connectivity index (χ0v) is 52.9. The van der Waals surface area contributed by atoms with Crippen LogP contribution in [0, 0.1) is 13.8 Å². The molecule has 90 heavy (non-hydrogen) atoms. The minimum absolute atomic E-state index is 0.378. The predicted molar refractivity (Wildman–Crippen MR) is 395 cm³/mol. The van der Waals surface area contributed by atoms with Gasteiger partial charge in [-0.05, 0) is 284 Å². The average Bonchev–Trinajstić information content (AvgIpc) is 1.49. The van der Waals surface area contributed by atoms with Crippen LogP contribution in [0.2, 0.25) is 0 Å². The highest BCUT2D eigenvalue weighted by Gasteiger charge is 2.32. The van der Waals surface area contributed by atoms with Crippen LogP contribution in [0.5, 0.6) is 0 Å². The third-order valence-corrected chi connectivity index (χ3v) is 21.9. The summed E-state index contributed by atoms with van der Waals surface area (Å²) in [6, 6.07) is 81.5. The van der Waals surface area contributed by atoms with E-state index in [1.807, 2.05) is 0 Å². The molecule has 0 saturated heterocycles. The lowest BCUT2D eigenvalue weighted by molar-refractivity contribution is 0.838.